The number of fused-ring (bicyclic) bond motifs is 5. The average molecular weight is 422 g/mol. The summed E-state index contributed by atoms with van der Waals surface area (Å²) in [5.41, 5.74) is 3.22. The van der Waals surface area contributed by atoms with Gasteiger partial charge in [0.15, 0.2) is 0 Å². The summed E-state index contributed by atoms with van der Waals surface area (Å²) in [7, 11) is 0. The normalized spacial score (nSPS) is 45.3. The zero-order valence-electron chi connectivity index (χ0n) is 20.2. The van der Waals surface area contributed by atoms with Crippen LogP contribution < -0.4 is 0 Å². The van der Waals surface area contributed by atoms with Crippen LogP contribution in [0, 0.1) is 40.4 Å². The molecule has 1 aromatic heterocycles. The van der Waals surface area contributed by atoms with Crippen LogP contribution in [-0.2, 0) is 6.42 Å². The first-order valence-electron chi connectivity index (χ1n) is 13.0. The standard InChI is InChI=1S/C29H43NO/c1-20(8-10-22-7-5-6-18-30-22)24-12-13-25-23-11-9-21-19-27(2,31)16-17-28(21,3)26(23)14-15-29(24,25)4/h5-7,9,18,20,23-26,31H,8,10-17,19H2,1-4H3/t20-,23+,24-,25+,26+,27+,28+,29-/m1/s1. The third-order valence-electron chi connectivity index (χ3n) is 10.7. The Bertz CT molecular complexity index is 828. The van der Waals surface area contributed by atoms with Crippen molar-refractivity contribution in [1.29, 1.82) is 0 Å². The van der Waals surface area contributed by atoms with Crippen LogP contribution in [0.5, 0.6) is 0 Å². The second kappa shape index (κ2) is 7.72. The molecule has 8 atom stereocenters. The SMILES string of the molecule is C[C@H](CCc1ccccn1)[C@H]1CC[C@H]2[C@@H]3CC=C4C[C@@](C)(O)CC[C@]4(C)[C@H]3CC[C@]12C. The molecule has 0 saturated heterocycles. The molecule has 2 heteroatoms. The second-order valence-corrected chi connectivity index (χ2v) is 12.5. The average Bonchev–Trinajstić information content (AvgIpc) is 3.10. The minimum absolute atomic E-state index is 0.342. The number of rotatable bonds is 4. The monoisotopic (exact) mass is 421 g/mol. The summed E-state index contributed by atoms with van der Waals surface area (Å²) >= 11 is 0. The minimum atomic E-state index is -0.483. The van der Waals surface area contributed by atoms with Crippen LogP contribution >= 0.6 is 0 Å². The molecule has 0 spiro atoms. The van der Waals surface area contributed by atoms with Crippen molar-refractivity contribution in [3.63, 3.8) is 0 Å². The van der Waals surface area contributed by atoms with E-state index >= 15 is 0 Å². The molecule has 0 amide bonds. The Balaban J connectivity index is 1.32. The van der Waals surface area contributed by atoms with Crippen molar-refractivity contribution in [3.8, 4) is 0 Å². The quantitative estimate of drug-likeness (QED) is 0.532. The molecule has 1 heterocycles. The van der Waals surface area contributed by atoms with Crippen LogP contribution in [0.1, 0.15) is 91.2 Å². The molecule has 170 valence electrons. The summed E-state index contributed by atoms with van der Waals surface area (Å²) in [6.45, 7) is 9.79. The van der Waals surface area contributed by atoms with Gasteiger partial charge in [0.1, 0.15) is 0 Å². The smallest absolute Gasteiger partial charge is 0.0657 e. The summed E-state index contributed by atoms with van der Waals surface area (Å²) in [5, 5.41) is 10.7. The van der Waals surface area contributed by atoms with E-state index in [-0.39, 0.29) is 0 Å². The van der Waals surface area contributed by atoms with E-state index in [2.05, 4.69) is 44.0 Å². The fraction of sp³-hybridized carbons (Fsp3) is 0.759. The summed E-state index contributed by atoms with van der Waals surface area (Å²) < 4.78 is 0. The van der Waals surface area contributed by atoms with Gasteiger partial charge in [-0.3, -0.25) is 4.98 Å². The summed E-state index contributed by atoms with van der Waals surface area (Å²) in [6, 6.07) is 6.33. The fourth-order valence-corrected chi connectivity index (χ4v) is 8.90. The number of aromatic nitrogens is 1. The Morgan fingerprint density at radius 1 is 1.06 bits per heavy atom. The number of pyridine rings is 1. The van der Waals surface area contributed by atoms with Gasteiger partial charge in [-0.2, -0.15) is 0 Å². The Morgan fingerprint density at radius 2 is 1.90 bits per heavy atom. The van der Waals surface area contributed by atoms with Gasteiger partial charge in [0.25, 0.3) is 0 Å². The number of nitrogens with zero attached hydrogens (tertiary/aromatic N) is 1. The molecular formula is C29H43NO. The molecule has 0 bridgehead atoms. The summed E-state index contributed by atoms with van der Waals surface area (Å²) in [6.07, 6.45) is 16.9. The molecule has 0 unspecified atom stereocenters. The van der Waals surface area contributed by atoms with Crippen LogP contribution in [0.25, 0.3) is 0 Å². The topological polar surface area (TPSA) is 33.1 Å². The highest BCUT2D eigenvalue weighted by Gasteiger charge is 2.59. The molecule has 31 heavy (non-hydrogen) atoms. The largest absolute Gasteiger partial charge is 0.390 e. The first kappa shape index (κ1) is 21.7. The molecule has 0 aliphatic heterocycles. The molecule has 3 fully saturated rings. The Morgan fingerprint density at radius 3 is 2.68 bits per heavy atom. The second-order valence-electron chi connectivity index (χ2n) is 12.5. The zero-order chi connectivity index (χ0) is 21.9. The van der Waals surface area contributed by atoms with Crippen molar-refractivity contribution >= 4 is 0 Å². The number of aryl methyl sites for hydroxylation is 1. The predicted molar refractivity (Wildman–Crippen MR) is 128 cm³/mol. The van der Waals surface area contributed by atoms with E-state index in [0.29, 0.717) is 10.8 Å². The third kappa shape index (κ3) is 3.62. The van der Waals surface area contributed by atoms with E-state index in [1.807, 2.05) is 19.2 Å². The maximum atomic E-state index is 10.7. The molecule has 4 aliphatic carbocycles. The molecule has 0 aromatic carbocycles. The van der Waals surface area contributed by atoms with Crippen molar-refractivity contribution in [3.05, 3.63) is 41.7 Å². The lowest BCUT2D eigenvalue weighted by atomic mass is 9.46. The number of aliphatic hydroxyl groups is 1. The van der Waals surface area contributed by atoms with Crippen molar-refractivity contribution in [2.45, 2.75) is 97.5 Å². The van der Waals surface area contributed by atoms with Gasteiger partial charge >= 0.3 is 0 Å². The van der Waals surface area contributed by atoms with Crippen molar-refractivity contribution in [1.82, 2.24) is 4.98 Å². The molecule has 3 saturated carbocycles. The molecule has 1 aromatic rings. The fourth-order valence-electron chi connectivity index (χ4n) is 8.90. The maximum Gasteiger partial charge on any atom is 0.0657 e. The Kier molecular flexibility index (Phi) is 5.40. The van der Waals surface area contributed by atoms with Crippen molar-refractivity contribution < 1.29 is 5.11 Å². The molecule has 0 radical (unpaired) electrons. The van der Waals surface area contributed by atoms with Gasteiger partial charge < -0.3 is 5.11 Å². The Labute approximate surface area is 189 Å². The summed E-state index contributed by atoms with van der Waals surface area (Å²) in [4.78, 5) is 4.56. The van der Waals surface area contributed by atoms with E-state index < -0.39 is 5.60 Å². The number of hydrogen-bond donors (Lipinski definition) is 1. The maximum absolute atomic E-state index is 10.7. The van der Waals surface area contributed by atoms with Gasteiger partial charge in [-0.05, 0) is 124 Å². The highest BCUT2D eigenvalue weighted by molar-refractivity contribution is 5.26. The first-order chi connectivity index (χ1) is 14.7. The predicted octanol–water partition coefficient (Wildman–Crippen LogP) is 6.98. The van der Waals surface area contributed by atoms with E-state index in [1.165, 1.54) is 50.6 Å². The van der Waals surface area contributed by atoms with Gasteiger partial charge in [-0.1, -0.05) is 38.5 Å². The molecule has 1 N–H and O–H groups in total. The van der Waals surface area contributed by atoms with Gasteiger partial charge in [0.2, 0.25) is 0 Å². The lowest BCUT2D eigenvalue weighted by Gasteiger charge is -2.59. The van der Waals surface area contributed by atoms with Crippen LogP contribution in [0.2, 0.25) is 0 Å². The molecule has 4 aliphatic rings. The minimum Gasteiger partial charge on any atom is -0.390 e. The zero-order valence-corrected chi connectivity index (χ0v) is 20.2. The van der Waals surface area contributed by atoms with Crippen molar-refractivity contribution in [2.24, 2.45) is 40.4 Å². The van der Waals surface area contributed by atoms with Crippen LogP contribution in [-0.4, -0.2) is 15.7 Å². The molecular weight excluding hydrogens is 378 g/mol. The summed E-state index contributed by atoms with van der Waals surface area (Å²) in [5.74, 6) is 4.24. The van der Waals surface area contributed by atoms with Gasteiger partial charge in [0, 0.05) is 11.9 Å². The van der Waals surface area contributed by atoms with E-state index in [0.717, 1.165) is 48.9 Å². The highest BCUT2D eigenvalue weighted by Crippen LogP contribution is 2.67. The van der Waals surface area contributed by atoms with Gasteiger partial charge in [-0.25, -0.2) is 0 Å². The molecule has 5 rings (SSSR count). The van der Waals surface area contributed by atoms with Gasteiger partial charge in [0.05, 0.1) is 5.60 Å². The first-order valence-corrected chi connectivity index (χ1v) is 13.0. The highest BCUT2D eigenvalue weighted by atomic mass is 16.3. The van der Waals surface area contributed by atoms with Crippen LogP contribution in [0.3, 0.4) is 0 Å². The van der Waals surface area contributed by atoms with E-state index in [9.17, 15) is 5.11 Å². The lowest BCUT2D eigenvalue weighted by molar-refractivity contribution is -0.0704. The lowest BCUT2D eigenvalue weighted by Crippen LogP contribution is -2.52. The van der Waals surface area contributed by atoms with Crippen LogP contribution in [0.15, 0.2) is 36.0 Å². The van der Waals surface area contributed by atoms with E-state index in [4.69, 9.17) is 0 Å². The van der Waals surface area contributed by atoms with Crippen molar-refractivity contribution in [2.75, 3.05) is 0 Å². The third-order valence-corrected chi connectivity index (χ3v) is 10.7. The number of allylic oxidation sites excluding steroid dienone is 1. The van der Waals surface area contributed by atoms with Crippen LogP contribution in [0.4, 0.5) is 0 Å². The number of hydrogen-bond acceptors (Lipinski definition) is 2. The van der Waals surface area contributed by atoms with Gasteiger partial charge in [-0.15, -0.1) is 0 Å². The molecule has 2 nitrogen and oxygen atoms in total. The Hall–Kier alpha value is -1.15. The van der Waals surface area contributed by atoms with E-state index in [1.54, 1.807) is 5.57 Å².